The summed E-state index contributed by atoms with van der Waals surface area (Å²) in [5, 5.41) is 0. The van der Waals surface area contributed by atoms with Crippen LogP contribution in [0.5, 0.6) is 0 Å². The molecule has 0 saturated heterocycles. The van der Waals surface area contributed by atoms with Gasteiger partial charge in [0.1, 0.15) is 0 Å². The van der Waals surface area contributed by atoms with E-state index in [1.54, 1.807) is 0 Å². The van der Waals surface area contributed by atoms with Gasteiger partial charge in [0, 0.05) is 16.7 Å². The van der Waals surface area contributed by atoms with Crippen LogP contribution in [0.25, 0.3) is 11.1 Å². The number of hydrogen-bond acceptors (Lipinski definition) is 2. The van der Waals surface area contributed by atoms with E-state index >= 15 is 0 Å². The molecule has 0 heterocycles. The normalized spacial score (nSPS) is 14.7. The molecule has 3 rings (SSSR count). The largest absolute Gasteiger partial charge is 0.294 e. The van der Waals surface area contributed by atoms with Crippen molar-refractivity contribution >= 4 is 22.7 Å². The van der Waals surface area contributed by atoms with Crippen molar-refractivity contribution in [3.8, 4) is 0 Å². The van der Waals surface area contributed by atoms with Gasteiger partial charge < -0.3 is 0 Å². The van der Waals surface area contributed by atoms with Crippen molar-refractivity contribution < 1.29 is 9.59 Å². The molecule has 0 bridgehead atoms. The molecule has 0 saturated carbocycles. The second-order valence-corrected chi connectivity index (χ2v) is 5.37. The molecule has 108 valence electrons. The fraction of sp³-hybridized carbons (Fsp3) is 0.100. The molecular formula is C20H16O2. The number of rotatable bonds is 3. The Morgan fingerprint density at radius 2 is 1.23 bits per heavy atom. The first-order chi connectivity index (χ1) is 10.6. The van der Waals surface area contributed by atoms with Crippen LogP contribution in [0.2, 0.25) is 0 Å². The van der Waals surface area contributed by atoms with E-state index in [9.17, 15) is 9.59 Å². The van der Waals surface area contributed by atoms with Crippen LogP contribution >= 0.6 is 0 Å². The standard InChI is InChI=1S/C20H16O2/c1-13-17(14(2)21)19(16-11-7-4-8-12-16)20(22)18(13)15-9-5-3-6-10-15/h3-12H,1-2H3. The minimum absolute atomic E-state index is 0.0694. The van der Waals surface area contributed by atoms with E-state index in [1.807, 2.05) is 67.6 Å². The van der Waals surface area contributed by atoms with Crippen molar-refractivity contribution in [2.75, 3.05) is 0 Å². The Labute approximate surface area is 129 Å². The Balaban J connectivity index is 2.21. The fourth-order valence-electron chi connectivity index (χ4n) is 2.99. The Morgan fingerprint density at radius 3 is 1.68 bits per heavy atom. The Hall–Kier alpha value is -2.74. The first kappa shape index (κ1) is 14.2. The van der Waals surface area contributed by atoms with Crippen LogP contribution in [0.3, 0.4) is 0 Å². The van der Waals surface area contributed by atoms with Crippen molar-refractivity contribution in [3.63, 3.8) is 0 Å². The van der Waals surface area contributed by atoms with E-state index in [4.69, 9.17) is 0 Å². The SMILES string of the molecule is CC(=O)C1=C(c2ccccc2)C(=O)C(c2ccccc2)=C1C. The highest BCUT2D eigenvalue weighted by atomic mass is 16.1. The molecule has 0 radical (unpaired) electrons. The molecule has 2 heteroatoms. The van der Waals surface area contributed by atoms with Crippen LogP contribution in [0.1, 0.15) is 25.0 Å². The fourth-order valence-corrected chi connectivity index (χ4v) is 2.99. The monoisotopic (exact) mass is 288 g/mol. The maximum absolute atomic E-state index is 13.0. The van der Waals surface area contributed by atoms with Crippen LogP contribution in [0.15, 0.2) is 71.8 Å². The lowest BCUT2D eigenvalue weighted by molar-refractivity contribution is -0.113. The molecule has 0 fully saturated rings. The Kier molecular flexibility index (Phi) is 3.60. The number of benzene rings is 2. The summed E-state index contributed by atoms with van der Waals surface area (Å²) in [7, 11) is 0. The zero-order valence-corrected chi connectivity index (χ0v) is 12.6. The third-order valence-corrected chi connectivity index (χ3v) is 3.93. The third-order valence-electron chi connectivity index (χ3n) is 3.93. The van der Waals surface area contributed by atoms with Gasteiger partial charge in [0.2, 0.25) is 0 Å². The number of carbonyl (C=O) groups is 2. The molecule has 0 aliphatic heterocycles. The zero-order valence-electron chi connectivity index (χ0n) is 12.6. The number of allylic oxidation sites excluding steroid dienone is 4. The molecule has 1 aliphatic rings. The predicted octanol–water partition coefficient (Wildman–Crippen LogP) is 4.09. The summed E-state index contributed by atoms with van der Waals surface area (Å²) in [6.45, 7) is 3.37. The van der Waals surface area contributed by atoms with E-state index in [1.165, 1.54) is 6.92 Å². The summed E-state index contributed by atoms with van der Waals surface area (Å²) in [5.74, 6) is -0.143. The zero-order chi connectivity index (χ0) is 15.7. The molecule has 0 amide bonds. The maximum atomic E-state index is 13.0. The van der Waals surface area contributed by atoms with Crippen molar-refractivity contribution in [2.45, 2.75) is 13.8 Å². The molecule has 0 spiro atoms. The van der Waals surface area contributed by atoms with E-state index in [0.717, 1.165) is 16.7 Å². The van der Waals surface area contributed by atoms with E-state index in [-0.39, 0.29) is 11.6 Å². The van der Waals surface area contributed by atoms with Gasteiger partial charge in [-0.2, -0.15) is 0 Å². The second-order valence-electron chi connectivity index (χ2n) is 5.37. The van der Waals surface area contributed by atoms with Gasteiger partial charge in [-0.1, -0.05) is 60.7 Å². The Bertz CT molecular complexity index is 809. The molecular weight excluding hydrogens is 272 g/mol. The van der Waals surface area contributed by atoms with Gasteiger partial charge in [0.15, 0.2) is 11.6 Å². The van der Waals surface area contributed by atoms with Crippen molar-refractivity contribution in [1.82, 2.24) is 0 Å². The summed E-state index contributed by atoms with van der Waals surface area (Å²) in [5.41, 5.74) is 4.10. The highest BCUT2D eigenvalue weighted by Crippen LogP contribution is 2.40. The van der Waals surface area contributed by atoms with Gasteiger partial charge in [-0.25, -0.2) is 0 Å². The minimum Gasteiger partial charge on any atom is -0.294 e. The van der Waals surface area contributed by atoms with Crippen molar-refractivity contribution in [2.24, 2.45) is 0 Å². The van der Waals surface area contributed by atoms with E-state index < -0.39 is 0 Å². The summed E-state index contributed by atoms with van der Waals surface area (Å²) in [6.07, 6.45) is 0. The van der Waals surface area contributed by atoms with E-state index in [0.29, 0.717) is 16.7 Å². The summed E-state index contributed by atoms with van der Waals surface area (Å²) < 4.78 is 0. The van der Waals surface area contributed by atoms with Crippen LogP contribution in [0.4, 0.5) is 0 Å². The van der Waals surface area contributed by atoms with E-state index in [2.05, 4.69) is 0 Å². The second kappa shape index (κ2) is 5.57. The van der Waals surface area contributed by atoms with Gasteiger partial charge in [-0.05, 0) is 30.5 Å². The third kappa shape index (κ3) is 2.23. The van der Waals surface area contributed by atoms with Crippen LogP contribution < -0.4 is 0 Å². The number of carbonyl (C=O) groups excluding carboxylic acids is 2. The summed E-state index contributed by atoms with van der Waals surface area (Å²) >= 11 is 0. The van der Waals surface area contributed by atoms with Crippen molar-refractivity contribution in [3.05, 3.63) is 82.9 Å². The molecule has 2 aromatic rings. The molecule has 0 N–H and O–H groups in total. The lowest BCUT2D eigenvalue weighted by Gasteiger charge is -2.05. The highest BCUT2D eigenvalue weighted by molar-refractivity contribution is 6.49. The average Bonchev–Trinajstić information content (AvgIpc) is 2.80. The molecule has 2 aromatic carbocycles. The average molecular weight is 288 g/mol. The minimum atomic E-state index is -0.0735. The van der Waals surface area contributed by atoms with Crippen LogP contribution in [-0.2, 0) is 9.59 Å². The summed E-state index contributed by atoms with van der Waals surface area (Å²) in [4.78, 5) is 25.1. The topological polar surface area (TPSA) is 34.1 Å². The number of Topliss-reactive ketones (excluding diaryl/α,β-unsaturated/α-hetero) is 2. The quantitative estimate of drug-likeness (QED) is 0.852. The summed E-state index contributed by atoms with van der Waals surface area (Å²) in [6, 6.07) is 18.9. The molecule has 1 aliphatic carbocycles. The van der Waals surface area contributed by atoms with Gasteiger partial charge in [-0.15, -0.1) is 0 Å². The van der Waals surface area contributed by atoms with Gasteiger partial charge >= 0.3 is 0 Å². The molecule has 0 unspecified atom stereocenters. The van der Waals surface area contributed by atoms with Gasteiger partial charge in [0.25, 0.3) is 0 Å². The lowest BCUT2D eigenvalue weighted by Crippen LogP contribution is -2.03. The van der Waals surface area contributed by atoms with Crippen LogP contribution in [-0.4, -0.2) is 11.6 Å². The van der Waals surface area contributed by atoms with Gasteiger partial charge in [-0.3, -0.25) is 9.59 Å². The number of hydrogen-bond donors (Lipinski definition) is 0. The molecule has 22 heavy (non-hydrogen) atoms. The first-order valence-corrected chi connectivity index (χ1v) is 7.23. The van der Waals surface area contributed by atoms with Crippen LogP contribution in [0, 0.1) is 0 Å². The highest BCUT2D eigenvalue weighted by Gasteiger charge is 2.33. The first-order valence-electron chi connectivity index (χ1n) is 7.23. The Morgan fingerprint density at radius 1 is 0.773 bits per heavy atom. The predicted molar refractivity (Wildman–Crippen MR) is 88.1 cm³/mol. The molecule has 0 atom stereocenters. The molecule has 2 nitrogen and oxygen atoms in total. The molecule has 0 aromatic heterocycles. The van der Waals surface area contributed by atoms with Crippen molar-refractivity contribution in [1.29, 1.82) is 0 Å². The smallest absolute Gasteiger partial charge is 0.195 e. The lowest BCUT2D eigenvalue weighted by atomic mass is 9.96. The maximum Gasteiger partial charge on any atom is 0.195 e. The van der Waals surface area contributed by atoms with Gasteiger partial charge in [0.05, 0.1) is 0 Å². The number of ketones is 2.